The van der Waals surface area contributed by atoms with Crippen LogP contribution in [-0.2, 0) is 11.2 Å². The molecule has 0 aromatic carbocycles. The number of nitrogens with one attached hydrogen (secondary N) is 1. The van der Waals surface area contributed by atoms with Crippen LogP contribution in [0.2, 0.25) is 0 Å². The van der Waals surface area contributed by atoms with Crippen molar-refractivity contribution >= 4 is 5.91 Å². The third-order valence-corrected chi connectivity index (χ3v) is 2.06. The highest BCUT2D eigenvalue weighted by Gasteiger charge is 2.03. The molecule has 0 bridgehead atoms. The molecule has 0 spiro atoms. The molecule has 4 nitrogen and oxygen atoms in total. The lowest BCUT2D eigenvalue weighted by molar-refractivity contribution is -0.121. The van der Waals surface area contributed by atoms with Gasteiger partial charge in [0.2, 0.25) is 5.91 Å². The number of amides is 1. The van der Waals surface area contributed by atoms with Crippen molar-refractivity contribution in [3.05, 3.63) is 24.2 Å². The molecule has 1 unspecified atom stereocenters. The zero-order valence-electron chi connectivity index (χ0n) is 8.90. The van der Waals surface area contributed by atoms with Crippen LogP contribution in [0.15, 0.2) is 22.8 Å². The van der Waals surface area contributed by atoms with Crippen molar-refractivity contribution < 1.29 is 14.3 Å². The summed E-state index contributed by atoms with van der Waals surface area (Å²) >= 11 is 0. The molecule has 15 heavy (non-hydrogen) atoms. The molecular weight excluding hydrogens is 194 g/mol. The van der Waals surface area contributed by atoms with Crippen LogP contribution in [0.5, 0.6) is 0 Å². The first kappa shape index (κ1) is 11.8. The minimum absolute atomic E-state index is 0.00736. The van der Waals surface area contributed by atoms with Crippen LogP contribution in [0, 0.1) is 0 Å². The third kappa shape index (κ3) is 5.22. The first-order valence-electron chi connectivity index (χ1n) is 5.15. The number of aliphatic hydroxyl groups is 1. The standard InChI is InChI=1S/C11H17NO3/c1-9(13)6-7-12-11(14)5-4-10-3-2-8-15-10/h2-3,8-9,13H,4-7H2,1H3,(H,12,14). The molecule has 1 heterocycles. The highest BCUT2D eigenvalue weighted by molar-refractivity contribution is 5.75. The van der Waals surface area contributed by atoms with Crippen molar-refractivity contribution in [2.75, 3.05) is 6.54 Å². The van der Waals surface area contributed by atoms with E-state index in [1.807, 2.05) is 6.07 Å². The van der Waals surface area contributed by atoms with E-state index in [-0.39, 0.29) is 12.0 Å². The second kappa shape index (κ2) is 6.24. The minimum Gasteiger partial charge on any atom is -0.469 e. The molecule has 2 N–H and O–H groups in total. The second-order valence-corrected chi connectivity index (χ2v) is 3.57. The van der Waals surface area contributed by atoms with E-state index in [1.165, 1.54) is 0 Å². The maximum atomic E-state index is 11.3. The summed E-state index contributed by atoms with van der Waals surface area (Å²) in [7, 11) is 0. The van der Waals surface area contributed by atoms with Crippen molar-refractivity contribution in [1.82, 2.24) is 5.32 Å². The smallest absolute Gasteiger partial charge is 0.220 e. The molecule has 0 saturated carbocycles. The van der Waals surface area contributed by atoms with Gasteiger partial charge in [-0.25, -0.2) is 0 Å². The van der Waals surface area contributed by atoms with E-state index in [9.17, 15) is 4.79 Å². The van der Waals surface area contributed by atoms with Gasteiger partial charge in [0, 0.05) is 19.4 Å². The Labute approximate surface area is 89.3 Å². The van der Waals surface area contributed by atoms with Gasteiger partial charge in [0.15, 0.2) is 0 Å². The molecule has 0 aliphatic rings. The number of hydrogen-bond acceptors (Lipinski definition) is 3. The van der Waals surface area contributed by atoms with Crippen LogP contribution >= 0.6 is 0 Å². The summed E-state index contributed by atoms with van der Waals surface area (Å²) in [6.45, 7) is 2.23. The fraction of sp³-hybridized carbons (Fsp3) is 0.545. The minimum atomic E-state index is -0.365. The Balaban J connectivity index is 2.09. The summed E-state index contributed by atoms with van der Waals surface area (Å²) in [5.74, 6) is 0.813. The highest BCUT2D eigenvalue weighted by Crippen LogP contribution is 2.03. The number of carbonyl (C=O) groups excluding carboxylic acids is 1. The van der Waals surface area contributed by atoms with E-state index in [0.29, 0.717) is 25.8 Å². The van der Waals surface area contributed by atoms with Gasteiger partial charge in [0.1, 0.15) is 5.76 Å². The molecule has 0 aliphatic heterocycles. The van der Waals surface area contributed by atoms with Gasteiger partial charge < -0.3 is 14.8 Å². The quantitative estimate of drug-likeness (QED) is 0.740. The van der Waals surface area contributed by atoms with Crippen molar-refractivity contribution in [2.45, 2.75) is 32.3 Å². The topological polar surface area (TPSA) is 62.5 Å². The van der Waals surface area contributed by atoms with Gasteiger partial charge in [0.05, 0.1) is 12.4 Å². The number of aliphatic hydroxyl groups excluding tert-OH is 1. The van der Waals surface area contributed by atoms with Gasteiger partial charge in [-0.1, -0.05) is 0 Å². The molecule has 0 radical (unpaired) electrons. The SMILES string of the molecule is CC(O)CCNC(=O)CCc1ccco1. The fourth-order valence-corrected chi connectivity index (χ4v) is 1.20. The van der Waals surface area contributed by atoms with Crippen LogP contribution in [0.1, 0.15) is 25.5 Å². The number of rotatable bonds is 6. The Morgan fingerprint density at radius 3 is 3.07 bits per heavy atom. The van der Waals surface area contributed by atoms with E-state index in [0.717, 1.165) is 5.76 Å². The van der Waals surface area contributed by atoms with Crippen molar-refractivity contribution in [1.29, 1.82) is 0 Å². The van der Waals surface area contributed by atoms with Gasteiger partial charge in [-0.15, -0.1) is 0 Å². The van der Waals surface area contributed by atoms with Crippen molar-refractivity contribution in [3.8, 4) is 0 Å². The van der Waals surface area contributed by atoms with Crippen molar-refractivity contribution in [2.24, 2.45) is 0 Å². The monoisotopic (exact) mass is 211 g/mol. The van der Waals surface area contributed by atoms with Gasteiger partial charge in [-0.05, 0) is 25.5 Å². The first-order chi connectivity index (χ1) is 7.18. The molecule has 1 atom stereocenters. The number of carbonyl (C=O) groups is 1. The van der Waals surface area contributed by atoms with Gasteiger partial charge in [0.25, 0.3) is 0 Å². The Hall–Kier alpha value is -1.29. The van der Waals surface area contributed by atoms with E-state index in [4.69, 9.17) is 9.52 Å². The molecule has 0 saturated heterocycles. The lowest BCUT2D eigenvalue weighted by atomic mass is 10.2. The molecule has 1 aromatic heterocycles. The third-order valence-electron chi connectivity index (χ3n) is 2.06. The lowest BCUT2D eigenvalue weighted by Crippen LogP contribution is -2.26. The van der Waals surface area contributed by atoms with Crippen LogP contribution in [0.4, 0.5) is 0 Å². The van der Waals surface area contributed by atoms with E-state index < -0.39 is 0 Å². The average molecular weight is 211 g/mol. The number of hydrogen-bond donors (Lipinski definition) is 2. The van der Waals surface area contributed by atoms with E-state index in [2.05, 4.69) is 5.32 Å². The average Bonchev–Trinajstić information content (AvgIpc) is 2.66. The van der Waals surface area contributed by atoms with Crippen LogP contribution in [-0.4, -0.2) is 23.7 Å². The van der Waals surface area contributed by atoms with Crippen molar-refractivity contribution in [3.63, 3.8) is 0 Å². The normalized spacial score (nSPS) is 12.4. The second-order valence-electron chi connectivity index (χ2n) is 3.57. The predicted octanol–water partition coefficient (Wildman–Crippen LogP) is 1.10. The largest absolute Gasteiger partial charge is 0.469 e. The zero-order chi connectivity index (χ0) is 11.1. The Bertz CT molecular complexity index is 280. The predicted molar refractivity (Wildman–Crippen MR) is 56.3 cm³/mol. The number of aryl methyl sites for hydroxylation is 1. The maximum absolute atomic E-state index is 11.3. The van der Waals surface area contributed by atoms with E-state index >= 15 is 0 Å². The zero-order valence-corrected chi connectivity index (χ0v) is 8.90. The van der Waals surface area contributed by atoms with Crippen LogP contribution < -0.4 is 5.32 Å². The molecule has 0 aliphatic carbocycles. The molecular formula is C11H17NO3. The van der Waals surface area contributed by atoms with Gasteiger partial charge >= 0.3 is 0 Å². The summed E-state index contributed by atoms with van der Waals surface area (Å²) in [5, 5.41) is 11.7. The van der Waals surface area contributed by atoms with Gasteiger partial charge in [-0.2, -0.15) is 0 Å². The van der Waals surface area contributed by atoms with Gasteiger partial charge in [-0.3, -0.25) is 4.79 Å². The Morgan fingerprint density at radius 2 is 2.47 bits per heavy atom. The molecule has 4 heteroatoms. The van der Waals surface area contributed by atoms with Crippen LogP contribution in [0.3, 0.4) is 0 Å². The molecule has 84 valence electrons. The van der Waals surface area contributed by atoms with Crippen LogP contribution in [0.25, 0.3) is 0 Å². The molecule has 0 fully saturated rings. The summed E-state index contributed by atoms with van der Waals surface area (Å²) < 4.78 is 5.11. The summed E-state index contributed by atoms with van der Waals surface area (Å²) in [6.07, 6.45) is 2.86. The Kier molecular flexibility index (Phi) is 4.90. The Morgan fingerprint density at radius 1 is 1.67 bits per heavy atom. The maximum Gasteiger partial charge on any atom is 0.220 e. The molecule has 1 aromatic rings. The van der Waals surface area contributed by atoms with E-state index in [1.54, 1.807) is 19.3 Å². The molecule has 1 rings (SSSR count). The summed E-state index contributed by atoms with van der Waals surface area (Å²) in [5.41, 5.74) is 0. The summed E-state index contributed by atoms with van der Waals surface area (Å²) in [4.78, 5) is 11.3. The fourth-order valence-electron chi connectivity index (χ4n) is 1.20. The highest BCUT2D eigenvalue weighted by atomic mass is 16.3. The lowest BCUT2D eigenvalue weighted by Gasteiger charge is -2.05. The summed E-state index contributed by atoms with van der Waals surface area (Å²) in [6, 6.07) is 3.66. The first-order valence-corrected chi connectivity index (χ1v) is 5.15. The number of furan rings is 1. The molecule has 1 amide bonds.